The van der Waals surface area contributed by atoms with Crippen LogP contribution in [-0.2, 0) is 14.3 Å². The Hall–Kier alpha value is -1.14. The molecule has 0 bridgehead atoms. The van der Waals surface area contributed by atoms with Gasteiger partial charge in [-0.2, -0.15) is 0 Å². The maximum absolute atomic E-state index is 12.0. The number of rotatable bonds is 6. The van der Waals surface area contributed by atoms with Crippen LogP contribution in [0.25, 0.3) is 0 Å². The molecule has 98 valence electrons. The average molecular weight is 243 g/mol. The zero-order chi connectivity index (χ0) is 13.0. The summed E-state index contributed by atoms with van der Waals surface area (Å²) in [5.41, 5.74) is 5.65. The highest BCUT2D eigenvalue weighted by molar-refractivity contribution is 5.87. The van der Waals surface area contributed by atoms with Crippen molar-refractivity contribution in [1.29, 1.82) is 0 Å². The van der Waals surface area contributed by atoms with Crippen LogP contribution in [0.1, 0.15) is 6.42 Å². The van der Waals surface area contributed by atoms with E-state index in [1.54, 1.807) is 21.2 Å². The molecule has 0 saturated heterocycles. The van der Waals surface area contributed by atoms with Gasteiger partial charge in [-0.25, -0.2) is 0 Å². The summed E-state index contributed by atoms with van der Waals surface area (Å²) in [6, 6.07) is -0.0398. The first-order chi connectivity index (χ1) is 7.97. The Bertz CT molecular complexity index is 294. The lowest BCUT2D eigenvalue weighted by atomic mass is 10.3. The minimum atomic E-state index is -0.109. The van der Waals surface area contributed by atoms with Gasteiger partial charge in [0, 0.05) is 33.8 Å². The van der Waals surface area contributed by atoms with E-state index < -0.39 is 0 Å². The molecule has 1 aliphatic rings. The normalized spacial score (nSPS) is 22.1. The number of nitrogens with zero attached hydrogens (tertiary/aromatic N) is 2. The van der Waals surface area contributed by atoms with E-state index in [4.69, 9.17) is 10.5 Å². The first-order valence-electron chi connectivity index (χ1n) is 5.70. The number of carbonyl (C=O) groups excluding carboxylic acids is 2. The van der Waals surface area contributed by atoms with Gasteiger partial charge in [-0.3, -0.25) is 9.59 Å². The molecule has 0 aromatic carbocycles. The molecule has 1 aliphatic carbocycles. The van der Waals surface area contributed by atoms with Crippen molar-refractivity contribution in [3.63, 3.8) is 0 Å². The third-order valence-corrected chi connectivity index (χ3v) is 2.86. The van der Waals surface area contributed by atoms with E-state index in [0.29, 0.717) is 13.2 Å². The lowest BCUT2D eigenvalue weighted by Gasteiger charge is -2.23. The molecule has 1 rings (SSSR count). The quantitative estimate of drug-likeness (QED) is 0.642. The standard InChI is InChI=1S/C11H21N3O3/c1-13(2)10(15)7-14(4-5-17-3)11(16)8-6-9(8)12/h8-9H,4-7,12H2,1-3H3. The van der Waals surface area contributed by atoms with Crippen LogP contribution >= 0.6 is 0 Å². The summed E-state index contributed by atoms with van der Waals surface area (Å²) in [4.78, 5) is 26.6. The van der Waals surface area contributed by atoms with Gasteiger partial charge in [0.2, 0.25) is 11.8 Å². The highest BCUT2D eigenvalue weighted by Gasteiger charge is 2.42. The van der Waals surface area contributed by atoms with E-state index in [9.17, 15) is 9.59 Å². The van der Waals surface area contributed by atoms with Crippen LogP contribution in [0.5, 0.6) is 0 Å². The van der Waals surface area contributed by atoms with E-state index in [-0.39, 0.29) is 30.3 Å². The van der Waals surface area contributed by atoms with Crippen LogP contribution in [0.4, 0.5) is 0 Å². The number of nitrogens with two attached hydrogens (primary N) is 1. The molecule has 0 aliphatic heterocycles. The van der Waals surface area contributed by atoms with Crippen LogP contribution in [0.2, 0.25) is 0 Å². The molecule has 2 atom stereocenters. The van der Waals surface area contributed by atoms with Crippen molar-refractivity contribution in [3.8, 4) is 0 Å². The SMILES string of the molecule is COCCN(CC(=O)N(C)C)C(=O)C1CC1N. The van der Waals surface area contributed by atoms with Crippen molar-refractivity contribution in [3.05, 3.63) is 0 Å². The average Bonchev–Trinajstić information content (AvgIpc) is 3.00. The van der Waals surface area contributed by atoms with Gasteiger partial charge in [0.1, 0.15) is 0 Å². The number of hydrogen-bond donors (Lipinski definition) is 1. The Morgan fingerprint density at radius 1 is 1.41 bits per heavy atom. The Kier molecular flexibility index (Phi) is 4.89. The van der Waals surface area contributed by atoms with Crippen molar-refractivity contribution in [2.45, 2.75) is 12.5 Å². The monoisotopic (exact) mass is 243 g/mol. The summed E-state index contributed by atoms with van der Waals surface area (Å²) < 4.78 is 4.94. The second-order valence-corrected chi connectivity index (χ2v) is 4.55. The Balaban J connectivity index is 2.53. The van der Waals surface area contributed by atoms with Crippen molar-refractivity contribution in [2.75, 3.05) is 40.9 Å². The molecule has 6 nitrogen and oxygen atoms in total. The van der Waals surface area contributed by atoms with E-state index in [1.807, 2.05) is 0 Å². The van der Waals surface area contributed by atoms with Crippen molar-refractivity contribution in [2.24, 2.45) is 11.7 Å². The van der Waals surface area contributed by atoms with Gasteiger partial charge in [-0.05, 0) is 6.42 Å². The van der Waals surface area contributed by atoms with Gasteiger partial charge in [0.25, 0.3) is 0 Å². The predicted octanol–water partition coefficient (Wildman–Crippen LogP) is -1.10. The maximum Gasteiger partial charge on any atom is 0.241 e. The topological polar surface area (TPSA) is 75.9 Å². The fraction of sp³-hybridized carbons (Fsp3) is 0.818. The molecule has 2 unspecified atom stereocenters. The fourth-order valence-electron chi connectivity index (χ4n) is 1.51. The van der Waals surface area contributed by atoms with Gasteiger partial charge in [-0.15, -0.1) is 0 Å². The molecule has 1 saturated carbocycles. The molecule has 0 spiro atoms. The number of amides is 2. The number of methoxy groups -OCH3 is 1. The molecule has 2 N–H and O–H groups in total. The van der Waals surface area contributed by atoms with E-state index in [1.165, 1.54) is 9.80 Å². The van der Waals surface area contributed by atoms with Gasteiger partial charge in [-0.1, -0.05) is 0 Å². The first-order valence-corrected chi connectivity index (χ1v) is 5.70. The maximum atomic E-state index is 12.0. The Labute approximate surface area is 102 Å². The molecule has 6 heteroatoms. The Morgan fingerprint density at radius 2 is 2.00 bits per heavy atom. The zero-order valence-corrected chi connectivity index (χ0v) is 10.7. The number of likely N-dealkylation sites (N-methyl/N-ethyl adjacent to an activating group) is 1. The number of ether oxygens (including phenoxy) is 1. The molecular weight excluding hydrogens is 222 g/mol. The van der Waals surface area contributed by atoms with E-state index in [0.717, 1.165) is 6.42 Å². The van der Waals surface area contributed by atoms with Crippen molar-refractivity contribution >= 4 is 11.8 Å². The Morgan fingerprint density at radius 3 is 2.41 bits per heavy atom. The smallest absolute Gasteiger partial charge is 0.241 e. The third-order valence-electron chi connectivity index (χ3n) is 2.86. The second kappa shape index (κ2) is 5.97. The molecule has 2 amide bonds. The zero-order valence-electron chi connectivity index (χ0n) is 10.7. The summed E-state index contributed by atoms with van der Waals surface area (Å²) in [5, 5.41) is 0. The molecule has 17 heavy (non-hydrogen) atoms. The van der Waals surface area contributed by atoms with Crippen LogP contribution in [0.3, 0.4) is 0 Å². The molecule has 1 fully saturated rings. The summed E-state index contributed by atoms with van der Waals surface area (Å²) in [7, 11) is 4.91. The van der Waals surface area contributed by atoms with Crippen LogP contribution in [0, 0.1) is 5.92 Å². The third kappa shape index (κ3) is 3.98. The van der Waals surface area contributed by atoms with Crippen LogP contribution < -0.4 is 5.73 Å². The molecule has 0 radical (unpaired) electrons. The summed E-state index contributed by atoms with van der Waals surface area (Å²) in [6.07, 6.45) is 0.721. The first kappa shape index (κ1) is 13.9. The summed E-state index contributed by atoms with van der Waals surface area (Å²) in [6.45, 7) is 0.949. The van der Waals surface area contributed by atoms with Gasteiger partial charge < -0.3 is 20.3 Å². The molecule has 0 aromatic heterocycles. The number of carbonyl (C=O) groups is 2. The minimum Gasteiger partial charge on any atom is -0.383 e. The fourth-order valence-corrected chi connectivity index (χ4v) is 1.51. The van der Waals surface area contributed by atoms with Crippen LogP contribution in [-0.4, -0.2) is 68.6 Å². The minimum absolute atomic E-state index is 0.0373. The van der Waals surface area contributed by atoms with E-state index in [2.05, 4.69) is 0 Å². The largest absolute Gasteiger partial charge is 0.383 e. The number of hydrogen-bond acceptors (Lipinski definition) is 4. The second-order valence-electron chi connectivity index (χ2n) is 4.55. The lowest BCUT2D eigenvalue weighted by molar-refractivity contribution is -0.140. The lowest BCUT2D eigenvalue weighted by Crippen LogP contribution is -2.43. The molecule has 0 heterocycles. The predicted molar refractivity (Wildman–Crippen MR) is 63.2 cm³/mol. The van der Waals surface area contributed by atoms with Crippen molar-refractivity contribution < 1.29 is 14.3 Å². The van der Waals surface area contributed by atoms with Gasteiger partial charge >= 0.3 is 0 Å². The van der Waals surface area contributed by atoms with Gasteiger partial charge in [0.15, 0.2) is 0 Å². The van der Waals surface area contributed by atoms with Crippen LogP contribution in [0.15, 0.2) is 0 Å². The van der Waals surface area contributed by atoms with Gasteiger partial charge in [0.05, 0.1) is 19.1 Å². The van der Waals surface area contributed by atoms with E-state index >= 15 is 0 Å². The summed E-state index contributed by atoms with van der Waals surface area (Å²) in [5.74, 6) is -0.241. The van der Waals surface area contributed by atoms with Crippen molar-refractivity contribution in [1.82, 2.24) is 9.80 Å². The molecular formula is C11H21N3O3. The highest BCUT2D eigenvalue weighted by atomic mass is 16.5. The summed E-state index contributed by atoms with van der Waals surface area (Å²) >= 11 is 0. The highest BCUT2D eigenvalue weighted by Crippen LogP contribution is 2.29. The molecule has 0 aromatic rings.